The molecule has 0 aliphatic rings. The number of nitrogens with one attached hydrogen (secondary N) is 1. The third-order valence-corrected chi connectivity index (χ3v) is 4.06. The van der Waals surface area contributed by atoms with E-state index in [4.69, 9.17) is 0 Å². The van der Waals surface area contributed by atoms with Gasteiger partial charge in [0.15, 0.2) is 0 Å². The van der Waals surface area contributed by atoms with E-state index in [2.05, 4.69) is 42.5 Å². The van der Waals surface area contributed by atoms with Crippen molar-refractivity contribution in [2.45, 2.75) is 33.4 Å². The summed E-state index contributed by atoms with van der Waals surface area (Å²) < 4.78 is 1.94. The average molecular weight is 249 g/mol. The fourth-order valence-electron chi connectivity index (χ4n) is 1.87. The Morgan fingerprint density at radius 1 is 1.41 bits per heavy atom. The van der Waals surface area contributed by atoms with Crippen molar-refractivity contribution >= 4 is 11.3 Å². The number of hydrogen-bond acceptors (Lipinski definition) is 3. The van der Waals surface area contributed by atoms with Crippen LogP contribution in [-0.2, 0) is 13.6 Å². The van der Waals surface area contributed by atoms with E-state index in [0.29, 0.717) is 6.04 Å². The molecule has 0 amide bonds. The van der Waals surface area contributed by atoms with Gasteiger partial charge in [-0.1, -0.05) is 0 Å². The zero-order valence-electron chi connectivity index (χ0n) is 10.8. The topological polar surface area (TPSA) is 29.9 Å². The fraction of sp³-hybridized carbons (Fsp3) is 0.462. The molecule has 0 aliphatic heterocycles. The molecule has 92 valence electrons. The van der Waals surface area contributed by atoms with Crippen molar-refractivity contribution in [3.05, 3.63) is 39.3 Å². The maximum absolute atomic E-state index is 4.35. The SMILES string of the molecule is Cc1cc(CNC(C)c2ccc(C)s2)n(C)n1. The molecule has 2 aromatic rings. The monoisotopic (exact) mass is 249 g/mol. The molecule has 1 atom stereocenters. The fourth-order valence-corrected chi connectivity index (χ4v) is 2.78. The average Bonchev–Trinajstić information content (AvgIpc) is 2.82. The summed E-state index contributed by atoms with van der Waals surface area (Å²) in [7, 11) is 1.99. The van der Waals surface area contributed by atoms with Crippen LogP contribution in [0.25, 0.3) is 0 Å². The van der Waals surface area contributed by atoms with E-state index in [9.17, 15) is 0 Å². The molecule has 0 bridgehead atoms. The molecule has 0 saturated heterocycles. The van der Waals surface area contributed by atoms with Crippen LogP contribution in [0.5, 0.6) is 0 Å². The normalized spacial score (nSPS) is 12.9. The smallest absolute Gasteiger partial charge is 0.0597 e. The van der Waals surface area contributed by atoms with Gasteiger partial charge in [0.1, 0.15) is 0 Å². The second-order valence-corrected chi connectivity index (χ2v) is 5.77. The molecule has 0 aliphatic carbocycles. The van der Waals surface area contributed by atoms with Gasteiger partial charge < -0.3 is 5.32 Å². The molecule has 0 spiro atoms. The van der Waals surface area contributed by atoms with Crippen molar-refractivity contribution in [2.75, 3.05) is 0 Å². The Labute approximate surface area is 106 Å². The highest BCUT2D eigenvalue weighted by molar-refractivity contribution is 7.12. The maximum atomic E-state index is 4.35. The number of aromatic nitrogens is 2. The van der Waals surface area contributed by atoms with Gasteiger partial charge in [-0.2, -0.15) is 5.10 Å². The molecule has 2 aromatic heterocycles. The number of aryl methyl sites for hydroxylation is 3. The minimum absolute atomic E-state index is 0.393. The first kappa shape index (κ1) is 12.3. The summed E-state index contributed by atoms with van der Waals surface area (Å²) in [6.07, 6.45) is 0. The first-order valence-electron chi connectivity index (χ1n) is 5.85. The number of hydrogen-bond donors (Lipinski definition) is 1. The third-order valence-electron chi connectivity index (χ3n) is 2.88. The molecular weight excluding hydrogens is 230 g/mol. The molecule has 1 unspecified atom stereocenters. The van der Waals surface area contributed by atoms with Crippen LogP contribution in [0.2, 0.25) is 0 Å². The van der Waals surface area contributed by atoms with Crippen LogP contribution < -0.4 is 5.32 Å². The Balaban J connectivity index is 1.96. The minimum Gasteiger partial charge on any atom is -0.304 e. The molecule has 0 fully saturated rings. The van der Waals surface area contributed by atoms with E-state index >= 15 is 0 Å². The Hall–Kier alpha value is -1.13. The molecule has 4 heteroatoms. The maximum Gasteiger partial charge on any atom is 0.0597 e. The lowest BCUT2D eigenvalue weighted by atomic mass is 10.2. The van der Waals surface area contributed by atoms with Crippen LogP contribution >= 0.6 is 11.3 Å². The van der Waals surface area contributed by atoms with Crippen molar-refractivity contribution in [3.63, 3.8) is 0 Å². The lowest BCUT2D eigenvalue weighted by Crippen LogP contribution is -2.18. The zero-order valence-corrected chi connectivity index (χ0v) is 11.6. The van der Waals surface area contributed by atoms with Crippen LogP contribution in [0.4, 0.5) is 0 Å². The van der Waals surface area contributed by atoms with Gasteiger partial charge in [0.25, 0.3) is 0 Å². The van der Waals surface area contributed by atoms with E-state index in [1.54, 1.807) is 0 Å². The van der Waals surface area contributed by atoms with Crippen molar-refractivity contribution in [1.29, 1.82) is 0 Å². The van der Waals surface area contributed by atoms with E-state index in [1.807, 2.05) is 30.0 Å². The summed E-state index contributed by atoms with van der Waals surface area (Å²) in [5.74, 6) is 0. The second-order valence-electron chi connectivity index (χ2n) is 4.45. The quantitative estimate of drug-likeness (QED) is 0.903. The van der Waals surface area contributed by atoms with Gasteiger partial charge in [-0.05, 0) is 39.0 Å². The highest BCUT2D eigenvalue weighted by Gasteiger charge is 2.08. The lowest BCUT2D eigenvalue weighted by Gasteiger charge is -2.11. The molecular formula is C13H19N3S. The summed E-state index contributed by atoms with van der Waals surface area (Å²) in [6.45, 7) is 7.23. The van der Waals surface area contributed by atoms with Crippen LogP contribution in [0.15, 0.2) is 18.2 Å². The number of nitrogens with zero attached hydrogens (tertiary/aromatic N) is 2. The highest BCUT2D eigenvalue weighted by Crippen LogP contribution is 2.22. The largest absolute Gasteiger partial charge is 0.304 e. The summed E-state index contributed by atoms with van der Waals surface area (Å²) in [5.41, 5.74) is 2.30. The van der Waals surface area contributed by atoms with Crippen LogP contribution in [0.1, 0.15) is 34.1 Å². The third kappa shape index (κ3) is 2.96. The van der Waals surface area contributed by atoms with Crippen molar-refractivity contribution in [1.82, 2.24) is 15.1 Å². The first-order valence-corrected chi connectivity index (χ1v) is 6.67. The van der Waals surface area contributed by atoms with Gasteiger partial charge in [-0.3, -0.25) is 4.68 Å². The predicted octanol–water partition coefficient (Wildman–Crippen LogP) is 2.95. The molecule has 17 heavy (non-hydrogen) atoms. The van der Waals surface area contributed by atoms with Crippen molar-refractivity contribution in [3.8, 4) is 0 Å². The summed E-state index contributed by atoms with van der Waals surface area (Å²) >= 11 is 1.86. The van der Waals surface area contributed by atoms with E-state index in [0.717, 1.165) is 12.2 Å². The summed E-state index contributed by atoms with van der Waals surface area (Å²) in [5, 5.41) is 7.88. The second kappa shape index (κ2) is 5.02. The molecule has 2 rings (SSSR count). The zero-order chi connectivity index (χ0) is 12.4. The van der Waals surface area contributed by atoms with Gasteiger partial charge in [-0.25, -0.2) is 0 Å². The van der Waals surface area contributed by atoms with Gasteiger partial charge in [0.05, 0.1) is 11.4 Å². The molecule has 0 aromatic carbocycles. The summed E-state index contributed by atoms with van der Waals surface area (Å²) in [4.78, 5) is 2.76. The van der Waals surface area contributed by atoms with E-state index in [1.165, 1.54) is 15.4 Å². The Kier molecular flexibility index (Phi) is 3.64. The molecule has 1 N–H and O–H groups in total. The number of thiophene rings is 1. The molecule has 0 saturated carbocycles. The minimum atomic E-state index is 0.393. The summed E-state index contributed by atoms with van der Waals surface area (Å²) in [6, 6.07) is 6.89. The van der Waals surface area contributed by atoms with Crippen LogP contribution in [0.3, 0.4) is 0 Å². The van der Waals surface area contributed by atoms with Gasteiger partial charge >= 0.3 is 0 Å². The molecule has 3 nitrogen and oxygen atoms in total. The Bertz CT molecular complexity index is 498. The lowest BCUT2D eigenvalue weighted by molar-refractivity contribution is 0.554. The van der Waals surface area contributed by atoms with Gasteiger partial charge in [0.2, 0.25) is 0 Å². The standard InChI is InChI=1S/C13H19N3S/c1-9-7-12(16(4)15-9)8-14-11(3)13-6-5-10(2)17-13/h5-7,11,14H,8H2,1-4H3. The molecule has 2 heterocycles. The highest BCUT2D eigenvalue weighted by atomic mass is 32.1. The Morgan fingerprint density at radius 3 is 2.71 bits per heavy atom. The van der Waals surface area contributed by atoms with Crippen LogP contribution in [0, 0.1) is 13.8 Å². The first-order chi connectivity index (χ1) is 8.06. The predicted molar refractivity (Wildman–Crippen MR) is 72.3 cm³/mol. The number of rotatable bonds is 4. The van der Waals surface area contributed by atoms with Gasteiger partial charge in [-0.15, -0.1) is 11.3 Å². The van der Waals surface area contributed by atoms with Crippen LogP contribution in [-0.4, -0.2) is 9.78 Å². The van der Waals surface area contributed by atoms with Crippen molar-refractivity contribution < 1.29 is 0 Å². The van der Waals surface area contributed by atoms with E-state index < -0.39 is 0 Å². The molecule has 0 radical (unpaired) electrons. The van der Waals surface area contributed by atoms with Crippen molar-refractivity contribution in [2.24, 2.45) is 7.05 Å². The van der Waals surface area contributed by atoms with E-state index in [-0.39, 0.29) is 0 Å². The Morgan fingerprint density at radius 2 is 2.18 bits per heavy atom. The van der Waals surface area contributed by atoms with Gasteiger partial charge in [0, 0.05) is 29.4 Å².